The maximum Gasteiger partial charge on any atom is 0.321 e. The van der Waals surface area contributed by atoms with Crippen molar-refractivity contribution < 1.29 is 15.0 Å². The van der Waals surface area contributed by atoms with Gasteiger partial charge in [0.05, 0.1) is 11.4 Å². The van der Waals surface area contributed by atoms with Crippen LogP contribution in [0.15, 0.2) is 48.5 Å². The van der Waals surface area contributed by atoms with Crippen LogP contribution < -0.4 is 5.73 Å². The highest BCUT2D eigenvalue weighted by atomic mass is 32.2. The molecule has 22 heavy (non-hydrogen) atoms. The SMILES string of the molecule is N[C@@H](CSC1c2ccccc2-c2ccccc2C1O)C(=O)O. The summed E-state index contributed by atoms with van der Waals surface area (Å²) in [4.78, 5) is 10.9. The first-order valence-corrected chi connectivity index (χ1v) is 8.10. The second-order valence-electron chi connectivity index (χ2n) is 5.32. The van der Waals surface area contributed by atoms with Crippen molar-refractivity contribution >= 4 is 17.7 Å². The molecule has 2 unspecified atom stereocenters. The molecule has 0 aromatic heterocycles. The Morgan fingerprint density at radius 2 is 1.64 bits per heavy atom. The summed E-state index contributed by atoms with van der Waals surface area (Å²) in [5, 5.41) is 19.4. The molecule has 2 aromatic carbocycles. The number of aliphatic hydroxyl groups is 1. The minimum atomic E-state index is -1.02. The number of aliphatic hydroxyl groups excluding tert-OH is 1. The van der Waals surface area contributed by atoms with E-state index < -0.39 is 18.1 Å². The maximum atomic E-state index is 10.9. The Labute approximate surface area is 133 Å². The van der Waals surface area contributed by atoms with Crippen molar-refractivity contribution in [1.29, 1.82) is 0 Å². The number of thioether (sulfide) groups is 1. The number of hydrogen-bond acceptors (Lipinski definition) is 4. The molecule has 1 aliphatic carbocycles. The van der Waals surface area contributed by atoms with E-state index in [-0.39, 0.29) is 11.0 Å². The van der Waals surface area contributed by atoms with Gasteiger partial charge in [0.1, 0.15) is 6.04 Å². The Kier molecular flexibility index (Phi) is 4.20. The summed E-state index contributed by atoms with van der Waals surface area (Å²) < 4.78 is 0. The molecule has 0 heterocycles. The third-order valence-electron chi connectivity index (χ3n) is 3.90. The number of rotatable bonds is 4. The van der Waals surface area contributed by atoms with Gasteiger partial charge in [0.2, 0.25) is 0 Å². The molecule has 2 aromatic rings. The topological polar surface area (TPSA) is 83.5 Å². The first kappa shape index (κ1) is 15.1. The summed E-state index contributed by atoms with van der Waals surface area (Å²) in [6.07, 6.45) is -0.669. The monoisotopic (exact) mass is 315 g/mol. The quantitative estimate of drug-likeness (QED) is 0.807. The molecule has 0 saturated heterocycles. The third kappa shape index (κ3) is 2.63. The number of carboxylic acid groups (broad SMARTS) is 1. The number of benzene rings is 2. The van der Waals surface area contributed by atoms with Crippen molar-refractivity contribution in [1.82, 2.24) is 0 Å². The van der Waals surface area contributed by atoms with Crippen LogP contribution in [0, 0.1) is 0 Å². The van der Waals surface area contributed by atoms with Crippen LogP contribution in [0.5, 0.6) is 0 Å². The van der Waals surface area contributed by atoms with E-state index in [9.17, 15) is 9.90 Å². The standard InChI is InChI=1S/C17H17NO3S/c18-14(17(20)21)9-22-16-13-8-4-2-6-11(13)10-5-1-3-7-12(10)15(16)19/h1-8,14-16,19H,9,18H2,(H,20,21)/t14-,15?,16?/m0/s1. The van der Waals surface area contributed by atoms with Crippen molar-refractivity contribution in [2.75, 3.05) is 5.75 Å². The first-order chi connectivity index (χ1) is 10.6. The maximum absolute atomic E-state index is 10.9. The molecule has 5 heteroatoms. The number of nitrogens with two attached hydrogens (primary N) is 1. The van der Waals surface area contributed by atoms with E-state index in [1.54, 1.807) is 0 Å². The largest absolute Gasteiger partial charge is 0.480 e. The number of carboxylic acids is 1. The zero-order chi connectivity index (χ0) is 15.7. The van der Waals surface area contributed by atoms with Crippen LogP contribution in [0.1, 0.15) is 22.5 Å². The summed E-state index contributed by atoms with van der Waals surface area (Å²) in [5.41, 5.74) is 9.61. The van der Waals surface area contributed by atoms with Crippen LogP contribution in [0.2, 0.25) is 0 Å². The van der Waals surface area contributed by atoms with E-state index in [4.69, 9.17) is 10.8 Å². The molecule has 1 aliphatic rings. The van der Waals surface area contributed by atoms with Gasteiger partial charge >= 0.3 is 5.97 Å². The smallest absolute Gasteiger partial charge is 0.321 e. The predicted molar refractivity (Wildman–Crippen MR) is 87.6 cm³/mol. The highest BCUT2D eigenvalue weighted by Crippen LogP contribution is 2.50. The highest BCUT2D eigenvalue weighted by molar-refractivity contribution is 7.99. The average molecular weight is 315 g/mol. The van der Waals surface area contributed by atoms with Gasteiger partial charge < -0.3 is 15.9 Å². The summed E-state index contributed by atoms with van der Waals surface area (Å²) in [7, 11) is 0. The lowest BCUT2D eigenvalue weighted by Crippen LogP contribution is -2.33. The molecule has 3 atom stereocenters. The fourth-order valence-corrected chi connectivity index (χ4v) is 4.05. The lowest BCUT2D eigenvalue weighted by Gasteiger charge is -2.32. The Hall–Kier alpha value is -1.82. The van der Waals surface area contributed by atoms with Gasteiger partial charge in [-0.2, -0.15) is 0 Å². The average Bonchev–Trinajstić information content (AvgIpc) is 2.54. The molecule has 0 saturated carbocycles. The van der Waals surface area contributed by atoms with Crippen molar-refractivity contribution in [3.8, 4) is 11.1 Å². The second-order valence-corrected chi connectivity index (χ2v) is 6.49. The van der Waals surface area contributed by atoms with Crippen LogP contribution in [0.3, 0.4) is 0 Å². The van der Waals surface area contributed by atoms with Crippen LogP contribution in [-0.4, -0.2) is 28.0 Å². The molecule has 0 amide bonds. The van der Waals surface area contributed by atoms with E-state index >= 15 is 0 Å². The van der Waals surface area contributed by atoms with Crippen LogP contribution in [0.25, 0.3) is 11.1 Å². The zero-order valence-electron chi connectivity index (χ0n) is 11.8. The molecule has 0 aliphatic heterocycles. The van der Waals surface area contributed by atoms with Gasteiger partial charge in [-0.15, -0.1) is 11.8 Å². The number of carbonyl (C=O) groups is 1. The molecule has 114 valence electrons. The van der Waals surface area contributed by atoms with E-state index in [1.807, 2.05) is 48.5 Å². The molecule has 3 rings (SSSR count). The minimum absolute atomic E-state index is 0.212. The summed E-state index contributed by atoms with van der Waals surface area (Å²) >= 11 is 1.39. The molecular weight excluding hydrogens is 298 g/mol. The van der Waals surface area contributed by atoms with Gasteiger partial charge in [0, 0.05) is 5.75 Å². The molecular formula is C17H17NO3S. The lowest BCUT2D eigenvalue weighted by molar-refractivity contribution is -0.137. The molecule has 0 fully saturated rings. The van der Waals surface area contributed by atoms with Crippen LogP contribution >= 0.6 is 11.8 Å². The minimum Gasteiger partial charge on any atom is -0.480 e. The van der Waals surface area contributed by atoms with Gasteiger partial charge in [-0.25, -0.2) is 0 Å². The molecule has 4 N–H and O–H groups in total. The molecule has 0 spiro atoms. The highest BCUT2D eigenvalue weighted by Gasteiger charge is 2.33. The zero-order valence-corrected chi connectivity index (χ0v) is 12.7. The summed E-state index contributed by atoms with van der Waals surface area (Å²) in [6, 6.07) is 14.8. The van der Waals surface area contributed by atoms with E-state index in [0.29, 0.717) is 0 Å². The summed E-state index contributed by atoms with van der Waals surface area (Å²) in [6.45, 7) is 0. The lowest BCUT2D eigenvalue weighted by atomic mass is 9.83. The van der Waals surface area contributed by atoms with Crippen molar-refractivity contribution in [2.24, 2.45) is 5.73 Å². The predicted octanol–water partition coefficient (Wildman–Crippen LogP) is 2.59. The van der Waals surface area contributed by atoms with Crippen molar-refractivity contribution in [2.45, 2.75) is 17.4 Å². The number of fused-ring (bicyclic) bond motifs is 3. The van der Waals surface area contributed by atoms with Gasteiger partial charge in [-0.05, 0) is 22.3 Å². The Morgan fingerprint density at radius 3 is 2.27 bits per heavy atom. The van der Waals surface area contributed by atoms with E-state index in [0.717, 1.165) is 22.3 Å². The van der Waals surface area contributed by atoms with Gasteiger partial charge in [0.15, 0.2) is 0 Å². The Morgan fingerprint density at radius 1 is 1.09 bits per heavy atom. The van der Waals surface area contributed by atoms with Crippen molar-refractivity contribution in [3.63, 3.8) is 0 Å². The second kappa shape index (κ2) is 6.12. The van der Waals surface area contributed by atoms with E-state index in [2.05, 4.69) is 0 Å². The van der Waals surface area contributed by atoms with Crippen LogP contribution in [0.4, 0.5) is 0 Å². The normalized spacial score (nSPS) is 20.8. The Balaban J connectivity index is 1.97. The fraction of sp³-hybridized carbons (Fsp3) is 0.235. The molecule has 0 radical (unpaired) electrons. The van der Waals surface area contributed by atoms with E-state index in [1.165, 1.54) is 11.8 Å². The van der Waals surface area contributed by atoms with Gasteiger partial charge in [-0.1, -0.05) is 48.5 Å². The van der Waals surface area contributed by atoms with Crippen LogP contribution in [-0.2, 0) is 4.79 Å². The fourth-order valence-electron chi connectivity index (χ4n) is 2.78. The summed E-state index contributed by atoms with van der Waals surface area (Å²) in [5.74, 6) is -0.764. The van der Waals surface area contributed by atoms with Gasteiger partial charge in [-0.3, -0.25) is 4.79 Å². The third-order valence-corrected chi connectivity index (χ3v) is 5.32. The van der Waals surface area contributed by atoms with Gasteiger partial charge in [0.25, 0.3) is 0 Å². The Bertz CT molecular complexity index is 704. The van der Waals surface area contributed by atoms with Crippen molar-refractivity contribution in [3.05, 3.63) is 59.7 Å². The number of aliphatic carboxylic acids is 1. The number of hydrogen-bond donors (Lipinski definition) is 3. The molecule has 4 nitrogen and oxygen atoms in total. The molecule has 0 bridgehead atoms. The first-order valence-electron chi connectivity index (χ1n) is 7.06.